The van der Waals surface area contributed by atoms with Gasteiger partial charge in [-0.2, -0.15) is 0 Å². The van der Waals surface area contributed by atoms with Crippen molar-refractivity contribution in [2.24, 2.45) is 5.73 Å². The molecule has 0 aromatic heterocycles. The van der Waals surface area contributed by atoms with E-state index in [9.17, 15) is 19.2 Å². The lowest BCUT2D eigenvalue weighted by Crippen LogP contribution is -2.35. The molecule has 0 aliphatic carbocycles. The van der Waals surface area contributed by atoms with Gasteiger partial charge in [-0.15, -0.1) is 11.8 Å². The first-order chi connectivity index (χ1) is 18.5. The van der Waals surface area contributed by atoms with Gasteiger partial charge in [0, 0.05) is 11.1 Å². The summed E-state index contributed by atoms with van der Waals surface area (Å²) in [5.41, 5.74) is 7.36. The normalized spacial score (nSPS) is 12.6. The Labute approximate surface area is 231 Å². The Bertz CT molecular complexity index is 1210. The van der Waals surface area contributed by atoms with Crippen LogP contribution in [-0.2, 0) is 23.9 Å². The minimum absolute atomic E-state index is 0.0800. The molecule has 39 heavy (non-hydrogen) atoms. The zero-order valence-corrected chi connectivity index (χ0v) is 23.1. The molecule has 208 valence electrons. The van der Waals surface area contributed by atoms with Gasteiger partial charge in [0.15, 0.2) is 0 Å². The van der Waals surface area contributed by atoms with Gasteiger partial charge in [0.25, 0.3) is 0 Å². The molecule has 2 unspecified atom stereocenters. The van der Waals surface area contributed by atoms with Crippen LogP contribution in [0.25, 0.3) is 6.08 Å². The number of rotatable bonds is 13. The van der Waals surface area contributed by atoms with Gasteiger partial charge in [-0.3, -0.25) is 19.8 Å². The Morgan fingerprint density at radius 1 is 0.974 bits per heavy atom. The van der Waals surface area contributed by atoms with Gasteiger partial charge in [0.1, 0.15) is 16.8 Å². The molecule has 0 spiro atoms. The van der Waals surface area contributed by atoms with Crippen LogP contribution in [-0.4, -0.2) is 53.5 Å². The van der Waals surface area contributed by atoms with Gasteiger partial charge in [-0.05, 0) is 75.7 Å². The molecule has 2 aromatic rings. The molecule has 0 aliphatic rings. The molecule has 0 fully saturated rings. The zero-order valence-electron chi connectivity index (χ0n) is 22.3. The fourth-order valence-corrected chi connectivity index (χ4v) is 4.35. The Balaban J connectivity index is 1.98. The molecule has 11 heteroatoms. The van der Waals surface area contributed by atoms with Crippen molar-refractivity contribution < 1.29 is 33.4 Å². The van der Waals surface area contributed by atoms with E-state index in [0.29, 0.717) is 28.0 Å². The van der Waals surface area contributed by atoms with E-state index in [1.807, 2.05) is 0 Å². The lowest BCUT2D eigenvalue weighted by molar-refractivity contribution is -0.149. The van der Waals surface area contributed by atoms with Crippen molar-refractivity contribution in [1.82, 2.24) is 5.32 Å². The first kappa shape index (κ1) is 31.1. The van der Waals surface area contributed by atoms with Crippen LogP contribution in [0.2, 0.25) is 0 Å². The van der Waals surface area contributed by atoms with E-state index in [-0.39, 0.29) is 31.4 Å². The quantitative estimate of drug-likeness (QED) is 0.0837. The summed E-state index contributed by atoms with van der Waals surface area (Å²) in [6.45, 7) is 7.08. The number of esters is 3. The third-order valence-electron chi connectivity index (χ3n) is 5.17. The third kappa shape index (κ3) is 10.3. The lowest BCUT2D eigenvalue weighted by atomic mass is 10.1. The molecule has 0 radical (unpaired) electrons. The number of amides is 1. The Kier molecular flexibility index (Phi) is 12.2. The van der Waals surface area contributed by atoms with Crippen molar-refractivity contribution in [3.8, 4) is 5.75 Å². The Morgan fingerprint density at radius 2 is 1.56 bits per heavy atom. The number of carbonyl (C=O) groups excluding carboxylic acids is 4. The summed E-state index contributed by atoms with van der Waals surface area (Å²) < 4.78 is 15.3. The van der Waals surface area contributed by atoms with E-state index in [1.165, 1.54) is 0 Å². The molecule has 0 aliphatic heterocycles. The highest BCUT2D eigenvalue weighted by atomic mass is 32.2. The molecule has 0 heterocycles. The monoisotopic (exact) mass is 555 g/mol. The van der Waals surface area contributed by atoms with E-state index >= 15 is 0 Å². The van der Waals surface area contributed by atoms with Gasteiger partial charge >= 0.3 is 17.9 Å². The highest BCUT2D eigenvalue weighted by Crippen LogP contribution is 2.22. The summed E-state index contributed by atoms with van der Waals surface area (Å²) in [4.78, 5) is 49.3. The second-order valence-electron chi connectivity index (χ2n) is 8.28. The van der Waals surface area contributed by atoms with E-state index in [1.54, 1.807) is 82.3 Å². The first-order valence-electron chi connectivity index (χ1n) is 12.3. The maximum atomic E-state index is 12.7. The van der Waals surface area contributed by atoms with E-state index in [0.717, 1.165) is 11.8 Å². The van der Waals surface area contributed by atoms with E-state index < -0.39 is 28.5 Å². The fourth-order valence-electron chi connectivity index (χ4n) is 3.27. The third-order valence-corrected chi connectivity index (χ3v) is 6.39. The SMILES string of the molecule is CCOC(=O)CC(SC(C)NC(=O)/C(C)=C/c1ccc(C(=O)Oc2ccc(C(=N)N)cc2)cc1)C(=O)OCC. The second kappa shape index (κ2) is 15.3. The molecular formula is C28H33N3O7S. The molecule has 2 aromatic carbocycles. The van der Waals surface area contributed by atoms with Crippen LogP contribution in [0.4, 0.5) is 0 Å². The number of carbonyl (C=O) groups is 4. The molecular weight excluding hydrogens is 522 g/mol. The number of hydrogen-bond donors (Lipinski definition) is 3. The number of nitrogens with two attached hydrogens (primary N) is 1. The number of hydrogen-bond acceptors (Lipinski definition) is 9. The molecule has 10 nitrogen and oxygen atoms in total. The van der Waals surface area contributed by atoms with Crippen LogP contribution in [0.3, 0.4) is 0 Å². The van der Waals surface area contributed by atoms with Crippen molar-refractivity contribution in [2.45, 2.75) is 44.7 Å². The van der Waals surface area contributed by atoms with Crippen molar-refractivity contribution in [1.29, 1.82) is 5.41 Å². The minimum atomic E-state index is -0.817. The highest BCUT2D eigenvalue weighted by Gasteiger charge is 2.27. The topological polar surface area (TPSA) is 158 Å². The Morgan fingerprint density at radius 3 is 2.13 bits per heavy atom. The van der Waals surface area contributed by atoms with E-state index in [4.69, 9.17) is 25.4 Å². The first-order valence-corrected chi connectivity index (χ1v) is 13.2. The van der Waals surface area contributed by atoms with Crippen LogP contribution in [0.1, 0.15) is 55.6 Å². The zero-order chi connectivity index (χ0) is 28.9. The van der Waals surface area contributed by atoms with Crippen LogP contribution in [0.15, 0.2) is 54.1 Å². The molecule has 4 N–H and O–H groups in total. The van der Waals surface area contributed by atoms with Crippen molar-refractivity contribution in [2.75, 3.05) is 13.2 Å². The molecule has 0 saturated carbocycles. The predicted octanol–water partition coefficient (Wildman–Crippen LogP) is 3.67. The average molecular weight is 556 g/mol. The van der Waals surface area contributed by atoms with Gasteiger partial charge in [0.2, 0.25) is 5.91 Å². The van der Waals surface area contributed by atoms with Crippen molar-refractivity contribution in [3.63, 3.8) is 0 Å². The fraction of sp³-hybridized carbons (Fsp3) is 0.321. The second-order valence-corrected chi connectivity index (χ2v) is 9.83. The molecule has 2 atom stereocenters. The maximum absolute atomic E-state index is 12.7. The lowest BCUT2D eigenvalue weighted by Gasteiger charge is -2.20. The van der Waals surface area contributed by atoms with Crippen LogP contribution in [0, 0.1) is 5.41 Å². The maximum Gasteiger partial charge on any atom is 0.343 e. The van der Waals surface area contributed by atoms with Crippen LogP contribution >= 0.6 is 11.8 Å². The summed E-state index contributed by atoms with van der Waals surface area (Å²) in [6, 6.07) is 12.8. The summed E-state index contributed by atoms with van der Waals surface area (Å²) in [5, 5.41) is 8.90. The number of ether oxygens (including phenoxy) is 3. The van der Waals surface area contributed by atoms with Crippen LogP contribution < -0.4 is 15.8 Å². The largest absolute Gasteiger partial charge is 0.466 e. The van der Waals surface area contributed by atoms with E-state index in [2.05, 4.69) is 5.32 Å². The molecule has 2 rings (SSSR count). The number of benzene rings is 2. The van der Waals surface area contributed by atoms with Crippen LogP contribution in [0.5, 0.6) is 5.75 Å². The predicted molar refractivity (Wildman–Crippen MR) is 149 cm³/mol. The minimum Gasteiger partial charge on any atom is -0.466 e. The standard InChI is InChI=1S/C28H33N3O7S/c1-5-36-24(32)16-23(28(35)37-6-2)39-18(4)31-26(33)17(3)15-19-7-9-21(10-8-19)27(34)38-22-13-11-20(12-14-22)25(29)30/h7-15,18,23H,5-6,16H2,1-4H3,(H3,29,30)(H,31,33)/b17-15+. The molecule has 0 saturated heterocycles. The summed E-state index contributed by atoms with van der Waals surface area (Å²) >= 11 is 1.10. The number of nitrogens with one attached hydrogen (secondary N) is 2. The Hall–Kier alpha value is -4.12. The van der Waals surface area contributed by atoms with Crippen molar-refractivity contribution >= 4 is 47.5 Å². The smallest absolute Gasteiger partial charge is 0.343 e. The molecule has 0 bridgehead atoms. The van der Waals surface area contributed by atoms with Gasteiger partial charge in [0.05, 0.1) is 30.6 Å². The summed E-state index contributed by atoms with van der Waals surface area (Å²) in [5.74, 6) is -1.73. The summed E-state index contributed by atoms with van der Waals surface area (Å²) in [7, 11) is 0. The van der Waals surface area contributed by atoms with Gasteiger partial charge in [-0.1, -0.05) is 12.1 Å². The average Bonchev–Trinajstić information content (AvgIpc) is 2.89. The van der Waals surface area contributed by atoms with Crippen molar-refractivity contribution in [3.05, 3.63) is 70.8 Å². The van der Waals surface area contributed by atoms with Gasteiger partial charge in [-0.25, -0.2) is 4.79 Å². The number of amidine groups is 1. The van der Waals surface area contributed by atoms with Gasteiger partial charge < -0.3 is 25.3 Å². The number of nitrogen functional groups attached to an aromatic ring is 1. The number of thioether (sulfide) groups is 1. The summed E-state index contributed by atoms with van der Waals surface area (Å²) in [6.07, 6.45) is 1.49. The molecule has 1 amide bonds. The highest BCUT2D eigenvalue weighted by molar-refractivity contribution is 8.01.